The second kappa shape index (κ2) is 5.16. The van der Waals surface area contributed by atoms with Crippen LogP contribution < -0.4 is 0 Å². The zero-order valence-electron chi connectivity index (χ0n) is 8.91. The van der Waals surface area contributed by atoms with E-state index in [-0.39, 0.29) is 10.8 Å². The molecule has 0 heterocycles. The van der Waals surface area contributed by atoms with E-state index in [1.807, 2.05) is 13.2 Å². The van der Waals surface area contributed by atoms with Crippen molar-refractivity contribution in [1.29, 1.82) is 0 Å². The minimum atomic E-state index is -0.636. The molecule has 82 valence electrons. The number of hydrogen-bond donors (Lipinski definition) is 0. The molecule has 0 aliphatic rings. The van der Waals surface area contributed by atoms with Gasteiger partial charge in [0.25, 0.3) is 0 Å². The fraction of sp³-hybridized carbons (Fsp3) is 0.364. The van der Waals surface area contributed by atoms with Crippen molar-refractivity contribution in [1.82, 2.24) is 0 Å². The third-order valence-electron chi connectivity index (χ3n) is 2.22. The Balaban J connectivity index is 3.10. The second-order valence-electron chi connectivity index (χ2n) is 3.11. The third-order valence-corrected chi connectivity index (χ3v) is 3.20. The van der Waals surface area contributed by atoms with E-state index in [2.05, 4.69) is 4.74 Å². The van der Waals surface area contributed by atoms with E-state index in [1.165, 1.54) is 13.2 Å². The molecule has 0 saturated carbocycles. The molecule has 0 radical (unpaired) electrons. The molecular weight excluding hydrogens is 215 g/mol. The highest BCUT2D eigenvalue weighted by Gasteiger charge is 2.14. The van der Waals surface area contributed by atoms with Crippen LogP contribution in [0.1, 0.15) is 28.1 Å². The van der Waals surface area contributed by atoms with Gasteiger partial charge in [0.05, 0.1) is 12.7 Å². The largest absolute Gasteiger partial charge is 0.465 e. The van der Waals surface area contributed by atoms with Crippen LogP contribution in [0.5, 0.6) is 0 Å². The minimum Gasteiger partial charge on any atom is -0.465 e. The molecule has 0 amide bonds. The predicted octanol–water partition coefficient (Wildman–Crippen LogP) is 3.04. The van der Waals surface area contributed by atoms with Crippen LogP contribution in [0, 0.1) is 5.82 Å². The maximum Gasteiger partial charge on any atom is 0.340 e. The Bertz CT molecular complexity index is 366. The molecule has 15 heavy (non-hydrogen) atoms. The summed E-state index contributed by atoms with van der Waals surface area (Å²) in [7, 11) is 1.24. The topological polar surface area (TPSA) is 26.3 Å². The van der Waals surface area contributed by atoms with Gasteiger partial charge in [-0.15, -0.1) is 0 Å². The normalized spacial score (nSPS) is 12.3. The van der Waals surface area contributed by atoms with Gasteiger partial charge < -0.3 is 4.74 Å². The number of carbonyl (C=O) groups excluding carboxylic acids is 1. The number of methoxy groups -OCH3 is 1. The van der Waals surface area contributed by atoms with Crippen LogP contribution >= 0.6 is 11.8 Å². The van der Waals surface area contributed by atoms with Gasteiger partial charge in [0.2, 0.25) is 0 Å². The Morgan fingerprint density at radius 3 is 2.73 bits per heavy atom. The van der Waals surface area contributed by atoms with Crippen LogP contribution in [-0.4, -0.2) is 19.3 Å². The Kier molecular flexibility index (Phi) is 4.15. The third kappa shape index (κ3) is 2.72. The SMILES string of the molecule is COC(=O)c1cc(C(C)SC)ccc1F. The molecule has 0 aliphatic carbocycles. The van der Waals surface area contributed by atoms with E-state index in [1.54, 1.807) is 23.9 Å². The maximum absolute atomic E-state index is 13.3. The summed E-state index contributed by atoms with van der Waals surface area (Å²) in [6.07, 6.45) is 1.96. The smallest absolute Gasteiger partial charge is 0.340 e. The summed E-state index contributed by atoms with van der Waals surface area (Å²) in [4.78, 5) is 11.2. The van der Waals surface area contributed by atoms with Crippen molar-refractivity contribution in [2.45, 2.75) is 12.2 Å². The van der Waals surface area contributed by atoms with E-state index in [9.17, 15) is 9.18 Å². The van der Waals surface area contributed by atoms with Crippen LogP contribution in [0.4, 0.5) is 4.39 Å². The van der Waals surface area contributed by atoms with E-state index in [4.69, 9.17) is 0 Å². The lowest BCUT2D eigenvalue weighted by atomic mass is 10.1. The number of carbonyl (C=O) groups is 1. The van der Waals surface area contributed by atoms with Crippen molar-refractivity contribution < 1.29 is 13.9 Å². The molecule has 4 heteroatoms. The highest BCUT2D eigenvalue weighted by Crippen LogP contribution is 2.27. The zero-order valence-corrected chi connectivity index (χ0v) is 9.73. The molecule has 1 unspecified atom stereocenters. The lowest BCUT2D eigenvalue weighted by molar-refractivity contribution is 0.0595. The van der Waals surface area contributed by atoms with Crippen molar-refractivity contribution in [3.8, 4) is 0 Å². The Morgan fingerprint density at radius 1 is 1.53 bits per heavy atom. The predicted molar refractivity (Wildman–Crippen MR) is 59.7 cm³/mol. The lowest BCUT2D eigenvalue weighted by Gasteiger charge is -2.10. The van der Waals surface area contributed by atoms with Crippen LogP contribution in [0.15, 0.2) is 18.2 Å². The van der Waals surface area contributed by atoms with Crippen molar-refractivity contribution in [3.63, 3.8) is 0 Å². The first-order valence-electron chi connectivity index (χ1n) is 4.50. The van der Waals surface area contributed by atoms with Gasteiger partial charge in [-0.05, 0) is 30.9 Å². The van der Waals surface area contributed by atoms with Crippen molar-refractivity contribution >= 4 is 17.7 Å². The molecule has 0 fully saturated rings. The molecule has 2 nitrogen and oxygen atoms in total. The quantitative estimate of drug-likeness (QED) is 0.744. The van der Waals surface area contributed by atoms with Crippen LogP contribution in [-0.2, 0) is 4.74 Å². The Labute approximate surface area is 92.8 Å². The molecule has 0 N–H and O–H groups in total. The summed E-state index contributed by atoms with van der Waals surface area (Å²) >= 11 is 1.64. The second-order valence-corrected chi connectivity index (χ2v) is 4.29. The lowest BCUT2D eigenvalue weighted by Crippen LogP contribution is -2.05. The Morgan fingerprint density at radius 2 is 2.20 bits per heavy atom. The van der Waals surface area contributed by atoms with Crippen molar-refractivity contribution in [2.75, 3.05) is 13.4 Å². The fourth-order valence-electron chi connectivity index (χ4n) is 1.20. The van der Waals surface area contributed by atoms with Gasteiger partial charge in [-0.1, -0.05) is 6.07 Å². The summed E-state index contributed by atoms with van der Waals surface area (Å²) in [5.41, 5.74) is 0.917. The first-order valence-corrected chi connectivity index (χ1v) is 5.79. The first-order chi connectivity index (χ1) is 7.10. The average molecular weight is 228 g/mol. The summed E-state index contributed by atoms with van der Waals surface area (Å²) in [5.74, 6) is -1.18. The summed E-state index contributed by atoms with van der Waals surface area (Å²) in [5, 5.41) is 0.231. The Hall–Kier alpha value is -1.03. The van der Waals surface area contributed by atoms with Gasteiger partial charge in [0.15, 0.2) is 0 Å². The number of halogens is 1. The van der Waals surface area contributed by atoms with Crippen molar-refractivity contribution in [3.05, 3.63) is 35.1 Å². The minimum absolute atomic E-state index is 0.00380. The number of benzene rings is 1. The average Bonchev–Trinajstić information content (AvgIpc) is 2.27. The number of esters is 1. The molecule has 1 aromatic rings. The summed E-state index contributed by atoms with van der Waals surface area (Å²) in [6.45, 7) is 2.00. The zero-order chi connectivity index (χ0) is 11.4. The van der Waals surface area contributed by atoms with Gasteiger partial charge in [0, 0.05) is 5.25 Å². The maximum atomic E-state index is 13.3. The molecule has 0 bridgehead atoms. The first kappa shape index (κ1) is 12.0. The van der Waals surface area contributed by atoms with Crippen molar-refractivity contribution in [2.24, 2.45) is 0 Å². The number of hydrogen-bond acceptors (Lipinski definition) is 3. The van der Waals surface area contributed by atoms with E-state index in [0.717, 1.165) is 5.56 Å². The van der Waals surface area contributed by atoms with E-state index >= 15 is 0 Å². The molecule has 0 spiro atoms. The summed E-state index contributed by atoms with van der Waals surface area (Å²) in [6, 6.07) is 4.53. The highest BCUT2D eigenvalue weighted by molar-refractivity contribution is 7.98. The van der Waals surface area contributed by atoms with E-state index < -0.39 is 11.8 Å². The molecule has 0 saturated heterocycles. The van der Waals surface area contributed by atoms with Crippen LogP contribution in [0.25, 0.3) is 0 Å². The highest BCUT2D eigenvalue weighted by atomic mass is 32.2. The van der Waals surface area contributed by atoms with Gasteiger partial charge in [-0.3, -0.25) is 0 Å². The van der Waals surface area contributed by atoms with Crippen LogP contribution in [0.3, 0.4) is 0 Å². The number of ether oxygens (including phenoxy) is 1. The molecule has 0 aromatic heterocycles. The molecular formula is C11H13FO2S. The van der Waals surface area contributed by atoms with Gasteiger partial charge in [0.1, 0.15) is 5.82 Å². The van der Waals surface area contributed by atoms with Crippen LogP contribution in [0.2, 0.25) is 0 Å². The fourth-order valence-corrected chi connectivity index (χ4v) is 1.62. The molecule has 1 atom stereocenters. The monoisotopic (exact) mass is 228 g/mol. The molecule has 1 aromatic carbocycles. The van der Waals surface area contributed by atoms with Gasteiger partial charge >= 0.3 is 5.97 Å². The van der Waals surface area contributed by atoms with Gasteiger partial charge in [-0.2, -0.15) is 11.8 Å². The molecule has 1 rings (SSSR count). The van der Waals surface area contributed by atoms with E-state index in [0.29, 0.717) is 0 Å². The number of thioether (sulfide) groups is 1. The van der Waals surface area contributed by atoms with Gasteiger partial charge in [-0.25, -0.2) is 9.18 Å². The standard InChI is InChI=1S/C11H13FO2S/c1-7(15-3)8-4-5-10(12)9(6-8)11(13)14-2/h4-7H,1-3H3. The molecule has 0 aliphatic heterocycles. The number of rotatable bonds is 3. The summed E-state index contributed by atoms with van der Waals surface area (Å²) < 4.78 is 17.8.